The van der Waals surface area contributed by atoms with Crippen LogP contribution in [0.1, 0.15) is 40.0 Å². The maximum atomic E-state index is 5.86. The first-order valence-corrected chi connectivity index (χ1v) is 5.71. The molecule has 1 heterocycles. The number of hydrogen-bond donors (Lipinski definition) is 0. The lowest BCUT2D eigenvalue weighted by atomic mass is 9.96. The van der Waals surface area contributed by atoms with Crippen LogP contribution in [0.3, 0.4) is 0 Å². The smallest absolute Gasteiger partial charge is 0.177 e. The zero-order chi connectivity index (χ0) is 10.4. The van der Waals surface area contributed by atoms with Crippen LogP contribution in [0.25, 0.3) is 0 Å². The van der Waals surface area contributed by atoms with Gasteiger partial charge < -0.3 is 9.47 Å². The average molecular weight is 198 g/mol. The van der Waals surface area contributed by atoms with Gasteiger partial charge in [-0.05, 0) is 25.8 Å². The number of ether oxygens (including phenoxy) is 2. The fraction of sp³-hybridized carbons (Fsp3) is 0.833. The van der Waals surface area contributed by atoms with Gasteiger partial charge in [0.1, 0.15) is 0 Å². The van der Waals surface area contributed by atoms with Crippen LogP contribution in [0.2, 0.25) is 0 Å². The standard InChI is InChI=1S/C12H22O2/c1-4-7-11-10(6-3)9-13-12(14-11)8-5-2/h5,8,10-12H,4,6-7,9H2,1-3H3/b8-5+/t10-,11-,12+/m1/s1. The van der Waals surface area contributed by atoms with Crippen molar-refractivity contribution in [2.45, 2.75) is 52.4 Å². The van der Waals surface area contributed by atoms with E-state index in [1.807, 2.05) is 19.1 Å². The van der Waals surface area contributed by atoms with Crippen LogP contribution in [0.15, 0.2) is 12.2 Å². The first-order chi connectivity index (χ1) is 6.81. The molecular weight excluding hydrogens is 176 g/mol. The summed E-state index contributed by atoms with van der Waals surface area (Å²) in [5.41, 5.74) is 0. The van der Waals surface area contributed by atoms with Gasteiger partial charge in [-0.15, -0.1) is 0 Å². The summed E-state index contributed by atoms with van der Waals surface area (Å²) in [4.78, 5) is 0. The predicted molar refractivity (Wildman–Crippen MR) is 58.1 cm³/mol. The highest BCUT2D eigenvalue weighted by atomic mass is 16.7. The highest BCUT2D eigenvalue weighted by molar-refractivity contribution is 4.85. The Morgan fingerprint density at radius 2 is 2.14 bits per heavy atom. The fourth-order valence-electron chi connectivity index (χ4n) is 1.88. The largest absolute Gasteiger partial charge is 0.349 e. The minimum atomic E-state index is -0.112. The molecule has 0 spiro atoms. The monoisotopic (exact) mass is 198 g/mol. The molecule has 1 saturated heterocycles. The van der Waals surface area contributed by atoms with Gasteiger partial charge >= 0.3 is 0 Å². The first-order valence-electron chi connectivity index (χ1n) is 5.71. The van der Waals surface area contributed by atoms with E-state index < -0.39 is 0 Å². The number of allylic oxidation sites excluding steroid dienone is 1. The predicted octanol–water partition coefficient (Wildman–Crippen LogP) is 3.13. The van der Waals surface area contributed by atoms with Gasteiger partial charge in [0.05, 0.1) is 12.7 Å². The van der Waals surface area contributed by atoms with E-state index in [0.717, 1.165) is 19.4 Å². The Morgan fingerprint density at radius 3 is 2.71 bits per heavy atom. The number of rotatable bonds is 4. The summed E-state index contributed by atoms with van der Waals surface area (Å²) < 4.78 is 11.5. The summed E-state index contributed by atoms with van der Waals surface area (Å²) >= 11 is 0. The van der Waals surface area contributed by atoms with E-state index >= 15 is 0 Å². The molecule has 0 aliphatic carbocycles. The molecule has 0 bridgehead atoms. The van der Waals surface area contributed by atoms with Crippen LogP contribution >= 0.6 is 0 Å². The van der Waals surface area contributed by atoms with Crippen molar-refractivity contribution >= 4 is 0 Å². The quantitative estimate of drug-likeness (QED) is 0.646. The number of hydrogen-bond acceptors (Lipinski definition) is 2. The fourth-order valence-corrected chi connectivity index (χ4v) is 1.88. The zero-order valence-corrected chi connectivity index (χ0v) is 9.53. The van der Waals surface area contributed by atoms with Crippen molar-refractivity contribution in [3.8, 4) is 0 Å². The lowest BCUT2D eigenvalue weighted by molar-refractivity contribution is -0.215. The second-order valence-electron chi connectivity index (χ2n) is 3.86. The first kappa shape index (κ1) is 11.7. The van der Waals surface area contributed by atoms with Crippen LogP contribution in [-0.4, -0.2) is 19.0 Å². The lowest BCUT2D eigenvalue weighted by Crippen LogP contribution is -2.38. The molecule has 0 unspecified atom stereocenters. The van der Waals surface area contributed by atoms with Crippen molar-refractivity contribution in [3.63, 3.8) is 0 Å². The summed E-state index contributed by atoms with van der Waals surface area (Å²) in [7, 11) is 0. The molecule has 0 saturated carbocycles. The molecule has 0 N–H and O–H groups in total. The summed E-state index contributed by atoms with van der Waals surface area (Å²) in [6.07, 6.45) is 7.72. The summed E-state index contributed by atoms with van der Waals surface area (Å²) in [6.45, 7) is 7.25. The average Bonchev–Trinajstić information content (AvgIpc) is 2.19. The molecule has 0 aromatic rings. The molecule has 1 aliphatic rings. The van der Waals surface area contributed by atoms with Crippen LogP contribution < -0.4 is 0 Å². The molecule has 1 fully saturated rings. The van der Waals surface area contributed by atoms with E-state index in [1.165, 1.54) is 6.42 Å². The molecule has 82 valence electrons. The van der Waals surface area contributed by atoms with Crippen LogP contribution in [-0.2, 0) is 9.47 Å². The van der Waals surface area contributed by atoms with Crippen molar-refractivity contribution in [3.05, 3.63) is 12.2 Å². The normalized spacial score (nSPS) is 33.8. The van der Waals surface area contributed by atoms with E-state index in [1.54, 1.807) is 0 Å². The Morgan fingerprint density at radius 1 is 1.36 bits per heavy atom. The Bertz CT molecular complexity index is 177. The van der Waals surface area contributed by atoms with Gasteiger partial charge in [0.15, 0.2) is 6.29 Å². The topological polar surface area (TPSA) is 18.5 Å². The second kappa shape index (κ2) is 6.20. The van der Waals surface area contributed by atoms with Gasteiger partial charge in [-0.25, -0.2) is 0 Å². The van der Waals surface area contributed by atoms with Gasteiger partial charge in [-0.3, -0.25) is 0 Å². The third-order valence-corrected chi connectivity index (χ3v) is 2.76. The molecular formula is C12H22O2. The molecule has 1 rings (SSSR count). The molecule has 2 nitrogen and oxygen atoms in total. The van der Waals surface area contributed by atoms with Crippen LogP contribution in [0, 0.1) is 5.92 Å². The Kier molecular flexibility index (Phi) is 5.20. The molecule has 14 heavy (non-hydrogen) atoms. The van der Waals surface area contributed by atoms with Crippen molar-refractivity contribution in [1.82, 2.24) is 0 Å². The van der Waals surface area contributed by atoms with Crippen molar-refractivity contribution in [2.24, 2.45) is 5.92 Å². The highest BCUT2D eigenvalue weighted by Crippen LogP contribution is 2.25. The minimum absolute atomic E-state index is 0.112. The van der Waals surface area contributed by atoms with E-state index in [-0.39, 0.29) is 6.29 Å². The molecule has 0 radical (unpaired) electrons. The van der Waals surface area contributed by atoms with Gasteiger partial charge in [0.2, 0.25) is 0 Å². The van der Waals surface area contributed by atoms with Crippen molar-refractivity contribution in [2.75, 3.05) is 6.61 Å². The molecule has 0 aromatic heterocycles. The third kappa shape index (κ3) is 3.10. The molecule has 0 aromatic carbocycles. The second-order valence-corrected chi connectivity index (χ2v) is 3.86. The third-order valence-electron chi connectivity index (χ3n) is 2.76. The molecule has 0 amide bonds. The highest BCUT2D eigenvalue weighted by Gasteiger charge is 2.28. The summed E-state index contributed by atoms with van der Waals surface area (Å²) in [5, 5.41) is 0. The van der Waals surface area contributed by atoms with Crippen molar-refractivity contribution < 1.29 is 9.47 Å². The van der Waals surface area contributed by atoms with Gasteiger partial charge in [-0.1, -0.05) is 26.3 Å². The molecule has 1 aliphatic heterocycles. The van der Waals surface area contributed by atoms with Crippen molar-refractivity contribution in [1.29, 1.82) is 0 Å². The van der Waals surface area contributed by atoms with E-state index in [2.05, 4.69) is 13.8 Å². The maximum absolute atomic E-state index is 5.86. The van der Waals surface area contributed by atoms with E-state index in [0.29, 0.717) is 12.0 Å². The van der Waals surface area contributed by atoms with Gasteiger partial charge in [0.25, 0.3) is 0 Å². The zero-order valence-electron chi connectivity index (χ0n) is 9.53. The van der Waals surface area contributed by atoms with Crippen LogP contribution in [0.4, 0.5) is 0 Å². The van der Waals surface area contributed by atoms with Gasteiger partial charge in [0, 0.05) is 5.92 Å². The molecule has 2 heteroatoms. The summed E-state index contributed by atoms with van der Waals surface area (Å²) in [5.74, 6) is 0.580. The Labute approximate surface area is 87.3 Å². The Balaban J connectivity index is 2.47. The maximum Gasteiger partial charge on any atom is 0.177 e. The van der Waals surface area contributed by atoms with Crippen LogP contribution in [0.5, 0.6) is 0 Å². The lowest BCUT2D eigenvalue weighted by Gasteiger charge is -2.35. The Hall–Kier alpha value is -0.340. The minimum Gasteiger partial charge on any atom is -0.349 e. The SMILES string of the molecule is C/C=C/[C@H]1OC[C@@H](CC)[C@@H](CCC)O1. The van der Waals surface area contributed by atoms with Gasteiger partial charge in [-0.2, -0.15) is 0 Å². The van der Waals surface area contributed by atoms with E-state index in [9.17, 15) is 0 Å². The van der Waals surface area contributed by atoms with E-state index in [4.69, 9.17) is 9.47 Å². The molecule has 3 atom stereocenters. The summed E-state index contributed by atoms with van der Waals surface area (Å²) in [6, 6.07) is 0.